The Morgan fingerprint density at radius 3 is 2.78 bits per heavy atom. The van der Waals surface area contributed by atoms with Crippen molar-refractivity contribution in [2.24, 2.45) is 5.92 Å². The average Bonchev–Trinajstić information content (AvgIpc) is 3.55. The lowest BCUT2D eigenvalue weighted by Crippen LogP contribution is -2.49. The maximum Gasteiger partial charge on any atom is 0.322 e. The summed E-state index contributed by atoms with van der Waals surface area (Å²) in [6, 6.07) is 16.6. The third-order valence-corrected chi connectivity index (χ3v) is 8.00. The minimum atomic E-state index is -0.279. The zero-order chi connectivity index (χ0) is 25.1. The van der Waals surface area contributed by atoms with Gasteiger partial charge in [-0.25, -0.2) is 4.79 Å². The molecule has 6 nitrogen and oxygen atoms in total. The number of thiophene rings is 1. The van der Waals surface area contributed by atoms with Gasteiger partial charge >= 0.3 is 6.03 Å². The number of aryl methyl sites for hydroxylation is 1. The molecular formula is C28H30ClN3O3S. The van der Waals surface area contributed by atoms with Gasteiger partial charge in [0.05, 0.1) is 6.04 Å². The van der Waals surface area contributed by atoms with Gasteiger partial charge in [0.2, 0.25) is 5.91 Å². The van der Waals surface area contributed by atoms with Crippen molar-refractivity contribution in [3.05, 3.63) is 81.0 Å². The summed E-state index contributed by atoms with van der Waals surface area (Å²) in [5.74, 6) is 1.21. The minimum absolute atomic E-state index is 0.0310. The van der Waals surface area contributed by atoms with Crippen LogP contribution in [-0.2, 0) is 11.2 Å². The Hall–Kier alpha value is -3.03. The number of fused-ring (bicyclic) bond motifs is 1. The number of carbonyl (C=O) groups is 2. The first-order valence-electron chi connectivity index (χ1n) is 12.3. The van der Waals surface area contributed by atoms with E-state index in [0.717, 1.165) is 36.1 Å². The number of carbonyl (C=O) groups excluding carboxylic acids is 2. The number of nitrogens with zero attached hydrogens (tertiary/aromatic N) is 2. The van der Waals surface area contributed by atoms with Crippen LogP contribution >= 0.6 is 22.9 Å². The van der Waals surface area contributed by atoms with Crippen molar-refractivity contribution < 1.29 is 14.3 Å². The van der Waals surface area contributed by atoms with Crippen molar-refractivity contribution in [1.29, 1.82) is 0 Å². The van der Waals surface area contributed by atoms with Crippen molar-refractivity contribution in [2.45, 2.75) is 32.2 Å². The maximum absolute atomic E-state index is 13.7. The Balaban J connectivity index is 1.31. The van der Waals surface area contributed by atoms with Gasteiger partial charge in [-0.05, 0) is 78.9 Å². The zero-order valence-electron chi connectivity index (χ0n) is 20.3. The molecule has 3 aromatic rings. The van der Waals surface area contributed by atoms with E-state index in [-0.39, 0.29) is 24.5 Å². The number of hydrogen-bond acceptors (Lipinski definition) is 4. The standard InChI is InChI=1S/C28H30ClN3O3S/c1-19-5-2-3-8-25(19)35-18-24-23-12-14-36-26(23)11-13-32(24)27(33)17-31(16-20-9-10-20)28(34)30-22-7-4-6-21(29)15-22/h2-8,12,14-15,20,24H,9-11,13,16-18H2,1H3,(H,30,34)/t24-/m0/s1. The topological polar surface area (TPSA) is 61.9 Å². The van der Waals surface area contributed by atoms with Gasteiger partial charge in [-0.1, -0.05) is 35.9 Å². The number of ether oxygens (including phenoxy) is 1. The monoisotopic (exact) mass is 523 g/mol. The van der Waals surface area contributed by atoms with Crippen LogP contribution in [0.5, 0.6) is 5.75 Å². The van der Waals surface area contributed by atoms with E-state index >= 15 is 0 Å². The number of urea groups is 1. The van der Waals surface area contributed by atoms with Gasteiger partial charge in [0.1, 0.15) is 18.9 Å². The van der Waals surface area contributed by atoms with Gasteiger partial charge in [-0.15, -0.1) is 11.3 Å². The van der Waals surface area contributed by atoms with Gasteiger partial charge in [0.25, 0.3) is 0 Å². The molecule has 1 atom stereocenters. The van der Waals surface area contributed by atoms with E-state index in [9.17, 15) is 9.59 Å². The van der Waals surface area contributed by atoms with Gasteiger partial charge in [0.15, 0.2) is 0 Å². The number of nitrogens with one attached hydrogen (secondary N) is 1. The van der Waals surface area contributed by atoms with Gasteiger partial charge in [-0.3, -0.25) is 4.79 Å². The number of para-hydroxylation sites is 1. The Labute approximate surface area is 220 Å². The molecule has 1 aliphatic heterocycles. The summed E-state index contributed by atoms with van der Waals surface area (Å²) in [7, 11) is 0. The number of anilines is 1. The predicted molar refractivity (Wildman–Crippen MR) is 144 cm³/mol. The lowest BCUT2D eigenvalue weighted by molar-refractivity contribution is -0.135. The molecule has 188 valence electrons. The highest BCUT2D eigenvalue weighted by Gasteiger charge is 2.35. The smallest absolute Gasteiger partial charge is 0.322 e. The molecule has 3 amide bonds. The second kappa shape index (κ2) is 10.9. The van der Waals surface area contributed by atoms with E-state index in [0.29, 0.717) is 36.3 Å². The van der Waals surface area contributed by atoms with Crippen LogP contribution in [-0.4, -0.2) is 48.0 Å². The fraction of sp³-hybridized carbons (Fsp3) is 0.357. The first kappa shape index (κ1) is 24.7. The molecule has 0 bridgehead atoms. The molecule has 8 heteroatoms. The van der Waals surface area contributed by atoms with E-state index in [4.69, 9.17) is 16.3 Å². The summed E-state index contributed by atoms with van der Waals surface area (Å²) in [6.07, 6.45) is 2.99. The van der Waals surface area contributed by atoms with Gasteiger partial charge in [0, 0.05) is 28.7 Å². The fourth-order valence-corrected chi connectivity index (χ4v) is 5.73. The quantitative estimate of drug-likeness (QED) is 0.384. The first-order chi connectivity index (χ1) is 17.5. The maximum atomic E-state index is 13.7. The van der Waals surface area contributed by atoms with Crippen molar-refractivity contribution in [1.82, 2.24) is 9.80 Å². The second-order valence-electron chi connectivity index (χ2n) is 9.49. The van der Waals surface area contributed by atoms with E-state index in [1.54, 1.807) is 40.5 Å². The van der Waals surface area contributed by atoms with Crippen LogP contribution in [0.1, 0.15) is 34.9 Å². The Bertz CT molecular complexity index is 1240. The van der Waals surface area contributed by atoms with Crippen LogP contribution in [0.3, 0.4) is 0 Å². The summed E-state index contributed by atoms with van der Waals surface area (Å²) >= 11 is 7.81. The van der Waals surface area contributed by atoms with Crippen molar-refractivity contribution in [3.63, 3.8) is 0 Å². The summed E-state index contributed by atoms with van der Waals surface area (Å²) in [5.41, 5.74) is 2.82. The molecular weight excluding hydrogens is 494 g/mol. The normalized spacial score (nSPS) is 16.8. The molecule has 2 aliphatic rings. The summed E-state index contributed by atoms with van der Waals surface area (Å²) < 4.78 is 6.21. The minimum Gasteiger partial charge on any atom is -0.491 e. The van der Waals surface area contributed by atoms with Crippen molar-refractivity contribution in [3.8, 4) is 5.75 Å². The molecule has 2 aromatic carbocycles. The number of hydrogen-bond donors (Lipinski definition) is 1. The molecule has 0 spiro atoms. The van der Waals surface area contributed by atoms with Crippen molar-refractivity contribution in [2.75, 3.05) is 31.6 Å². The number of benzene rings is 2. The number of halogens is 1. The van der Waals surface area contributed by atoms with Crippen LogP contribution in [0.25, 0.3) is 0 Å². The molecule has 0 saturated heterocycles. The summed E-state index contributed by atoms with van der Waals surface area (Å²) in [6.45, 7) is 3.60. The number of rotatable bonds is 8. The Morgan fingerprint density at radius 2 is 2.00 bits per heavy atom. The molecule has 0 radical (unpaired) electrons. The predicted octanol–water partition coefficient (Wildman–Crippen LogP) is 6.16. The fourth-order valence-electron chi connectivity index (χ4n) is 4.62. The lowest BCUT2D eigenvalue weighted by atomic mass is 10.0. The van der Waals surface area contributed by atoms with E-state index in [1.807, 2.05) is 36.1 Å². The molecule has 0 unspecified atom stereocenters. The highest BCUT2D eigenvalue weighted by molar-refractivity contribution is 7.10. The second-order valence-corrected chi connectivity index (χ2v) is 10.9. The van der Waals surface area contributed by atoms with Crippen LogP contribution in [0.4, 0.5) is 10.5 Å². The van der Waals surface area contributed by atoms with Crippen LogP contribution in [0.15, 0.2) is 60.0 Å². The van der Waals surface area contributed by atoms with E-state index < -0.39 is 0 Å². The zero-order valence-corrected chi connectivity index (χ0v) is 21.9. The molecule has 1 aliphatic carbocycles. The summed E-state index contributed by atoms with van der Waals surface area (Å²) in [4.78, 5) is 31.7. The van der Waals surface area contributed by atoms with Crippen LogP contribution in [0.2, 0.25) is 5.02 Å². The highest BCUT2D eigenvalue weighted by Crippen LogP contribution is 2.35. The van der Waals surface area contributed by atoms with Gasteiger partial charge < -0.3 is 19.9 Å². The molecule has 36 heavy (non-hydrogen) atoms. The van der Waals surface area contributed by atoms with Crippen molar-refractivity contribution >= 4 is 40.6 Å². The molecule has 1 aromatic heterocycles. The third-order valence-electron chi connectivity index (χ3n) is 6.77. The van der Waals surface area contributed by atoms with E-state index in [1.165, 1.54) is 4.88 Å². The Kier molecular flexibility index (Phi) is 7.48. The molecule has 2 heterocycles. The molecule has 1 fully saturated rings. The number of amides is 3. The SMILES string of the molecule is Cc1ccccc1OC[C@H]1c2ccsc2CCN1C(=O)CN(CC1CC1)C(=O)Nc1cccc(Cl)c1. The largest absolute Gasteiger partial charge is 0.491 e. The third kappa shape index (κ3) is 5.85. The summed E-state index contributed by atoms with van der Waals surface area (Å²) in [5, 5.41) is 5.54. The van der Waals surface area contributed by atoms with E-state index in [2.05, 4.69) is 16.8 Å². The average molecular weight is 524 g/mol. The van der Waals surface area contributed by atoms with Crippen LogP contribution < -0.4 is 10.1 Å². The van der Waals surface area contributed by atoms with Crippen LogP contribution in [0, 0.1) is 12.8 Å². The first-order valence-corrected chi connectivity index (χ1v) is 13.6. The highest BCUT2D eigenvalue weighted by atomic mass is 35.5. The lowest BCUT2D eigenvalue weighted by Gasteiger charge is -2.37. The molecule has 1 N–H and O–H groups in total. The molecule has 1 saturated carbocycles. The Morgan fingerprint density at radius 1 is 1.17 bits per heavy atom. The van der Waals surface area contributed by atoms with Gasteiger partial charge in [-0.2, -0.15) is 0 Å². The molecule has 5 rings (SSSR count).